The van der Waals surface area contributed by atoms with E-state index in [0.717, 1.165) is 61.8 Å². The van der Waals surface area contributed by atoms with Gasteiger partial charge in [-0.3, -0.25) is 10.00 Å². The van der Waals surface area contributed by atoms with Crippen LogP contribution in [0.2, 0.25) is 0 Å². The number of nitrogens with one attached hydrogen (secondary N) is 1. The number of fused-ring (bicyclic) bond motifs is 1. The van der Waals surface area contributed by atoms with Crippen LogP contribution in [0, 0.1) is 0 Å². The summed E-state index contributed by atoms with van der Waals surface area (Å²) in [4.78, 5) is 4.88. The van der Waals surface area contributed by atoms with Crippen molar-refractivity contribution in [1.82, 2.24) is 20.0 Å². The zero-order chi connectivity index (χ0) is 23.3. The van der Waals surface area contributed by atoms with Crippen LogP contribution in [0.3, 0.4) is 0 Å². The number of hydrogen-bond donors (Lipinski definition) is 1. The minimum atomic E-state index is 0.897. The van der Waals surface area contributed by atoms with E-state index in [9.17, 15) is 0 Å². The van der Waals surface area contributed by atoms with Gasteiger partial charge in [-0.05, 0) is 66.1 Å². The molecule has 3 aromatic rings. The quantitative estimate of drug-likeness (QED) is 0.543. The van der Waals surface area contributed by atoms with E-state index in [1.54, 1.807) is 7.11 Å². The maximum absolute atomic E-state index is 5.69. The van der Waals surface area contributed by atoms with Crippen LogP contribution in [-0.4, -0.2) is 60.3 Å². The molecule has 0 spiro atoms. The summed E-state index contributed by atoms with van der Waals surface area (Å²) in [6.45, 7) is 5.45. The number of methoxy groups -OCH3 is 1. The van der Waals surface area contributed by atoms with E-state index in [2.05, 4.69) is 93.8 Å². The predicted molar refractivity (Wildman–Crippen MR) is 141 cm³/mol. The van der Waals surface area contributed by atoms with E-state index >= 15 is 0 Å². The number of nitrogens with zero attached hydrogens (tertiary/aromatic N) is 3. The molecular weight excluding hydrogens is 420 g/mol. The fourth-order valence-electron chi connectivity index (χ4n) is 4.52. The van der Waals surface area contributed by atoms with Crippen LogP contribution < -0.4 is 4.74 Å². The molecule has 0 unspecified atom stereocenters. The third kappa shape index (κ3) is 5.38. The minimum absolute atomic E-state index is 0.897. The molecule has 0 amide bonds. The van der Waals surface area contributed by atoms with Crippen molar-refractivity contribution in [1.29, 1.82) is 0 Å². The lowest BCUT2D eigenvalue weighted by atomic mass is 10.1. The first-order chi connectivity index (χ1) is 16.7. The predicted octanol–water partition coefficient (Wildman–Crippen LogP) is 5.08. The molecule has 34 heavy (non-hydrogen) atoms. The van der Waals surface area contributed by atoms with Crippen LogP contribution in [0.15, 0.2) is 48.5 Å². The van der Waals surface area contributed by atoms with Gasteiger partial charge in [0.25, 0.3) is 0 Å². The standard InChI is InChI=1S/C29H32N4O/c1-32-14-16-33(17-15-32)21-23-7-10-25(29(19-23)34-2)11-13-28-20-27(30-31-28)12-8-22-6-9-24-4-3-5-26(24)18-22/h3-4,6-13,18-20H,5,14-17,21H2,1-2H3,(H,30,31)/b12-8+,13-11+. The second-order valence-electron chi connectivity index (χ2n) is 9.14. The summed E-state index contributed by atoms with van der Waals surface area (Å²) < 4.78 is 5.69. The first kappa shape index (κ1) is 22.4. The molecule has 0 radical (unpaired) electrons. The van der Waals surface area contributed by atoms with Crippen molar-refractivity contribution >= 4 is 30.4 Å². The molecule has 1 fully saturated rings. The Morgan fingerprint density at radius 1 is 0.971 bits per heavy atom. The highest BCUT2D eigenvalue weighted by Gasteiger charge is 2.14. The zero-order valence-corrected chi connectivity index (χ0v) is 20.0. The maximum atomic E-state index is 5.69. The molecule has 0 saturated carbocycles. The molecule has 5 heteroatoms. The lowest BCUT2D eigenvalue weighted by molar-refractivity contribution is 0.148. The highest BCUT2D eigenvalue weighted by atomic mass is 16.5. The Balaban J connectivity index is 1.22. The van der Waals surface area contributed by atoms with Gasteiger partial charge in [-0.15, -0.1) is 0 Å². The van der Waals surface area contributed by atoms with Crippen LogP contribution in [0.1, 0.15) is 39.2 Å². The van der Waals surface area contributed by atoms with Gasteiger partial charge < -0.3 is 9.64 Å². The Hall–Kier alpha value is -3.41. The second-order valence-corrected chi connectivity index (χ2v) is 9.14. The maximum Gasteiger partial charge on any atom is 0.126 e. The average Bonchev–Trinajstić information content (AvgIpc) is 3.52. The van der Waals surface area contributed by atoms with Gasteiger partial charge in [-0.25, -0.2) is 0 Å². The largest absolute Gasteiger partial charge is 0.496 e. The average molecular weight is 453 g/mol. The molecule has 1 saturated heterocycles. The van der Waals surface area contributed by atoms with Crippen molar-refractivity contribution in [3.05, 3.63) is 87.7 Å². The lowest BCUT2D eigenvalue weighted by Gasteiger charge is -2.32. The summed E-state index contributed by atoms with van der Waals surface area (Å²) in [5.41, 5.74) is 8.12. The van der Waals surface area contributed by atoms with E-state index < -0.39 is 0 Å². The molecule has 5 rings (SSSR count). The van der Waals surface area contributed by atoms with Gasteiger partial charge in [-0.1, -0.05) is 48.6 Å². The molecule has 2 aliphatic rings. The molecule has 1 N–H and O–H groups in total. The first-order valence-corrected chi connectivity index (χ1v) is 12.0. The van der Waals surface area contributed by atoms with Crippen LogP contribution in [-0.2, 0) is 13.0 Å². The van der Waals surface area contributed by atoms with Crippen molar-refractivity contribution in [3.63, 3.8) is 0 Å². The number of H-pyrrole nitrogens is 1. The number of aromatic amines is 1. The molecule has 5 nitrogen and oxygen atoms in total. The number of rotatable bonds is 7. The summed E-state index contributed by atoms with van der Waals surface area (Å²) >= 11 is 0. The van der Waals surface area contributed by atoms with E-state index in [1.807, 2.05) is 12.2 Å². The van der Waals surface area contributed by atoms with E-state index in [-0.39, 0.29) is 0 Å². The number of hydrogen-bond acceptors (Lipinski definition) is 4. The normalized spacial score (nSPS) is 16.6. The van der Waals surface area contributed by atoms with Crippen molar-refractivity contribution in [3.8, 4) is 5.75 Å². The van der Waals surface area contributed by atoms with Crippen molar-refractivity contribution in [2.24, 2.45) is 0 Å². The molecule has 0 atom stereocenters. The summed E-state index contributed by atoms with van der Waals surface area (Å²) in [6.07, 6.45) is 13.7. The van der Waals surface area contributed by atoms with Crippen LogP contribution in [0.25, 0.3) is 30.4 Å². The van der Waals surface area contributed by atoms with Gasteiger partial charge in [0.1, 0.15) is 5.75 Å². The molecular formula is C29H32N4O. The van der Waals surface area contributed by atoms with Gasteiger partial charge >= 0.3 is 0 Å². The van der Waals surface area contributed by atoms with Crippen molar-refractivity contribution in [2.75, 3.05) is 40.3 Å². The Morgan fingerprint density at radius 3 is 2.71 bits per heavy atom. The summed E-state index contributed by atoms with van der Waals surface area (Å²) in [6, 6.07) is 15.1. The Morgan fingerprint density at radius 2 is 1.85 bits per heavy atom. The number of benzene rings is 2. The van der Waals surface area contributed by atoms with Crippen molar-refractivity contribution < 1.29 is 4.74 Å². The van der Waals surface area contributed by atoms with E-state index in [0.29, 0.717) is 0 Å². The SMILES string of the molecule is COc1cc(CN2CCN(C)CC2)ccc1/C=C/c1cc(/C=C/c2ccc3c(c2)CC=C3)n[nH]1. The van der Waals surface area contributed by atoms with Gasteiger partial charge in [0.2, 0.25) is 0 Å². The third-order valence-corrected chi connectivity index (χ3v) is 6.61. The molecule has 1 aliphatic carbocycles. The fourth-order valence-corrected chi connectivity index (χ4v) is 4.52. The number of likely N-dealkylation sites (N-methyl/N-ethyl adjacent to an activating group) is 1. The fraction of sp³-hybridized carbons (Fsp3) is 0.276. The number of aromatic nitrogens is 2. The summed E-state index contributed by atoms with van der Waals surface area (Å²) in [5, 5.41) is 7.54. The Bertz CT molecular complexity index is 1230. The third-order valence-electron chi connectivity index (χ3n) is 6.61. The number of ether oxygens (including phenoxy) is 1. The van der Waals surface area contributed by atoms with Gasteiger partial charge in [-0.2, -0.15) is 5.10 Å². The molecule has 1 aliphatic heterocycles. The monoisotopic (exact) mass is 452 g/mol. The Labute approximate surface area is 202 Å². The highest BCUT2D eigenvalue weighted by molar-refractivity contribution is 5.74. The van der Waals surface area contributed by atoms with E-state index in [1.165, 1.54) is 22.3 Å². The number of piperazine rings is 1. The smallest absolute Gasteiger partial charge is 0.126 e. The van der Waals surface area contributed by atoms with Crippen LogP contribution >= 0.6 is 0 Å². The van der Waals surface area contributed by atoms with Crippen molar-refractivity contribution in [2.45, 2.75) is 13.0 Å². The van der Waals surface area contributed by atoms with E-state index in [4.69, 9.17) is 4.74 Å². The second kappa shape index (κ2) is 10.2. The lowest BCUT2D eigenvalue weighted by Crippen LogP contribution is -2.43. The van der Waals surface area contributed by atoms with Gasteiger partial charge in [0, 0.05) is 38.3 Å². The molecule has 2 aromatic carbocycles. The van der Waals surface area contributed by atoms with Gasteiger partial charge in [0.05, 0.1) is 18.5 Å². The first-order valence-electron chi connectivity index (χ1n) is 12.0. The minimum Gasteiger partial charge on any atom is -0.496 e. The molecule has 0 bridgehead atoms. The number of allylic oxidation sites excluding steroid dienone is 1. The Kier molecular flexibility index (Phi) is 6.74. The molecule has 2 heterocycles. The molecule has 1 aromatic heterocycles. The summed E-state index contributed by atoms with van der Waals surface area (Å²) in [5.74, 6) is 0.897. The molecule has 174 valence electrons. The van der Waals surface area contributed by atoms with Crippen LogP contribution in [0.5, 0.6) is 5.75 Å². The zero-order valence-electron chi connectivity index (χ0n) is 20.0. The topological polar surface area (TPSA) is 44.4 Å². The summed E-state index contributed by atoms with van der Waals surface area (Å²) in [7, 11) is 3.92. The van der Waals surface area contributed by atoms with Crippen LogP contribution in [0.4, 0.5) is 0 Å². The highest BCUT2D eigenvalue weighted by Crippen LogP contribution is 2.24. The van der Waals surface area contributed by atoms with Gasteiger partial charge in [0.15, 0.2) is 0 Å².